The van der Waals surface area contributed by atoms with Gasteiger partial charge in [-0.1, -0.05) is 20.8 Å². The minimum Gasteiger partial charge on any atom is -0.381 e. The maximum absolute atomic E-state index is 5.39. The third-order valence-electron chi connectivity index (χ3n) is 3.45. The molecule has 0 amide bonds. The molecule has 16 heavy (non-hydrogen) atoms. The van der Waals surface area contributed by atoms with Gasteiger partial charge in [-0.2, -0.15) is 0 Å². The first-order valence-corrected chi connectivity index (χ1v) is 6.97. The SMILES string of the molecule is CC(C)CNCC(C)CCC1CCOCC1. The topological polar surface area (TPSA) is 21.3 Å². The van der Waals surface area contributed by atoms with Crippen LogP contribution in [0.1, 0.15) is 46.5 Å². The predicted octanol–water partition coefficient (Wildman–Crippen LogP) is 3.07. The van der Waals surface area contributed by atoms with Crippen molar-refractivity contribution in [3.8, 4) is 0 Å². The lowest BCUT2D eigenvalue weighted by Crippen LogP contribution is -2.25. The fourth-order valence-corrected chi connectivity index (χ4v) is 2.28. The molecular formula is C14H29NO. The Morgan fingerprint density at radius 3 is 2.44 bits per heavy atom. The molecule has 1 aliphatic rings. The Morgan fingerprint density at radius 2 is 1.81 bits per heavy atom. The normalized spacial score (nSPS) is 20.2. The van der Waals surface area contributed by atoms with E-state index in [0.29, 0.717) is 0 Å². The minimum absolute atomic E-state index is 0.766. The van der Waals surface area contributed by atoms with Crippen LogP contribution in [-0.4, -0.2) is 26.3 Å². The third-order valence-corrected chi connectivity index (χ3v) is 3.45. The maximum Gasteiger partial charge on any atom is 0.0468 e. The first-order valence-electron chi connectivity index (χ1n) is 6.97. The lowest BCUT2D eigenvalue weighted by atomic mass is 9.91. The van der Waals surface area contributed by atoms with E-state index >= 15 is 0 Å². The van der Waals surface area contributed by atoms with Gasteiger partial charge in [-0.05, 0) is 56.5 Å². The molecule has 1 rings (SSSR count). The van der Waals surface area contributed by atoms with Crippen LogP contribution in [-0.2, 0) is 4.74 Å². The van der Waals surface area contributed by atoms with Crippen molar-refractivity contribution in [2.45, 2.75) is 46.5 Å². The van der Waals surface area contributed by atoms with Crippen molar-refractivity contribution in [3.05, 3.63) is 0 Å². The van der Waals surface area contributed by atoms with E-state index in [4.69, 9.17) is 4.74 Å². The van der Waals surface area contributed by atoms with Gasteiger partial charge in [0.25, 0.3) is 0 Å². The van der Waals surface area contributed by atoms with Gasteiger partial charge in [-0.25, -0.2) is 0 Å². The van der Waals surface area contributed by atoms with Gasteiger partial charge in [-0.15, -0.1) is 0 Å². The summed E-state index contributed by atoms with van der Waals surface area (Å²) in [6.45, 7) is 11.2. The summed E-state index contributed by atoms with van der Waals surface area (Å²) in [6.07, 6.45) is 5.34. The molecule has 1 unspecified atom stereocenters. The van der Waals surface area contributed by atoms with E-state index < -0.39 is 0 Å². The van der Waals surface area contributed by atoms with Crippen LogP contribution in [0.2, 0.25) is 0 Å². The molecule has 1 aliphatic heterocycles. The number of rotatable bonds is 7. The van der Waals surface area contributed by atoms with Gasteiger partial charge < -0.3 is 10.1 Å². The van der Waals surface area contributed by atoms with Gasteiger partial charge >= 0.3 is 0 Å². The molecule has 2 nitrogen and oxygen atoms in total. The monoisotopic (exact) mass is 227 g/mol. The molecule has 0 aromatic carbocycles. The quantitative estimate of drug-likeness (QED) is 0.721. The van der Waals surface area contributed by atoms with E-state index in [2.05, 4.69) is 26.1 Å². The van der Waals surface area contributed by atoms with Gasteiger partial charge in [-0.3, -0.25) is 0 Å². The Labute approximate surface area is 101 Å². The zero-order valence-electron chi connectivity index (χ0n) is 11.3. The molecule has 2 heteroatoms. The lowest BCUT2D eigenvalue weighted by molar-refractivity contribution is 0.0620. The summed E-state index contributed by atoms with van der Waals surface area (Å²) < 4.78 is 5.39. The van der Waals surface area contributed by atoms with Crippen molar-refractivity contribution in [1.82, 2.24) is 5.32 Å². The summed E-state index contributed by atoms with van der Waals surface area (Å²) in [6, 6.07) is 0. The molecule has 0 aliphatic carbocycles. The predicted molar refractivity (Wildman–Crippen MR) is 69.6 cm³/mol. The smallest absolute Gasteiger partial charge is 0.0468 e. The first kappa shape index (κ1) is 14.0. The lowest BCUT2D eigenvalue weighted by Gasteiger charge is -2.23. The highest BCUT2D eigenvalue weighted by Crippen LogP contribution is 2.22. The largest absolute Gasteiger partial charge is 0.381 e. The maximum atomic E-state index is 5.39. The molecule has 96 valence electrons. The molecule has 1 saturated heterocycles. The molecule has 0 spiro atoms. The highest BCUT2D eigenvalue weighted by Gasteiger charge is 2.14. The Bertz CT molecular complexity index is 164. The molecule has 0 radical (unpaired) electrons. The van der Waals surface area contributed by atoms with E-state index in [0.717, 1.165) is 37.5 Å². The number of ether oxygens (including phenoxy) is 1. The van der Waals surface area contributed by atoms with Crippen LogP contribution in [0.4, 0.5) is 0 Å². The van der Waals surface area contributed by atoms with Crippen LogP contribution in [0.3, 0.4) is 0 Å². The van der Waals surface area contributed by atoms with Crippen molar-refractivity contribution in [1.29, 1.82) is 0 Å². The Balaban J connectivity index is 1.98. The van der Waals surface area contributed by atoms with Crippen molar-refractivity contribution < 1.29 is 4.74 Å². The van der Waals surface area contributed by atoms with Crippen LogP contribution in [0.5, 0.6) is 0 Å². The van der Waals surface area contributed by atoms with Gasteiger partial charge in [0.1, 0.15) is 0 Å². The van der Waals surface area contributed by atoms with Crippen molar-refractivity contribution >= 4 is 0 Å². The second-order valence-electron chi connectivity index (χ2n) is 5.79. The van der Waals surface area contributed by atoms with Crippen LogP contribution in [0.25, 0.3) is 0 Å². The summed E-state index contributed by atoms with van der Waals surface area (Å²) >= 11 is 0. The summed E-state index contributed by atoms with van der Waals surface area (Å²) in [5.74, 6) is 2.52. The zero-order chi connectivity index (χ0) is 11.8. The summed E-state index contributed by atoms with van der Waals surface area (Å²) in [5.41, 5.74) is 0. The van der Waals surface area contributed by atoms with E-state index in [1.54, 1.807) is 0 Å². The third kappa shape index (κ3) is 6.49. The van der Waals surface area contributed by atoms with Gasteiger partial charge in [0.05, 0.1) is 0 Å². The van der Waals surface area contributed by atoms with Gasteiger partial charge in [0, 0.05) is 13.2 Å². The average molecular weight is 227 g/mol. The van der Waals surface area contributed by atoms with Crippen LogP contribution < -0.4 is 5.32 Å². The molecule has 1 fully saturated rings. The first-order chi connectivity index (χ1) is 7.68. The van der Waals surface area contributed by atoms with E-state index in [-0.39, 0.29) is 0 Å². The molecule has 1 heterocycles. The van der Waals surface area contributed by atoms with E-state index in [1.165, 1.54) is 32.2 Å². The number of hydrogen-bond acceptors (Lipinski definition) is 2. The molecule has 0 saturated carbocycles. The van der Waals surface area contributed by atoms with E-state index in [1.807, 2.05) is 0 Å². The molecule has 0 bridgehead atoms. The van der Waals surface area contributed by atoms with Crippen molar-refractivity contribution in [2.24, 2.45) is 17.8 Å². The van der Waals surface area contributed by atoms with Crippen LogP contribution in [0, 0.1) is 17.8 Å². The second-order valence-corrected chi connectivity index (χ2v) is 5.79. The summed E-state index contributed by atoms with van der Waals surface area (Å²) in [7, 11) is 0. The summed E-state index contributed by atoms with van der Waals surface area (Å²) in [5, 5.41) is 3.55. The Morgan fingerprint density at radius 1 is 1.12 bits per heavy atom. The highest BCUT2D eigenvalue weighted by molar-refractivity contribution is 4.66. The standard InChI is InChI=1S/C14H29NO/c1-12(2)10-15-11-13(3)4-5-14-6-8-16-9-7-14/h12-15H,4-11H2,1-3H3. The summed E-state index contributed by atoms with van der Waals surface area (Å²) in [4.78, 5) is 0. The fourth-order valence-electron chi connectivity index (χ4n) is 2.28. The molecule has 1 N–H and O–H groups in total. The Hall–Kier alpha value is -0.0800. The molecular weight excluding hydrogens is 198 g/mol. The zero-order valence-corrected chi connectivity index (χ0v) is 11.3. The average Bonchev–Trinajstić information content (AvgIpc) is 2.27. The number of hydrogen-bond donors (Lipinski definition) is 1. The molecule has 0 aromatic rings. The van der Waals surface area contributed by atoms with Crippen molar-refractivity contribution in [2.75, 3.05) is 26.3 Å². The minimum atomic E-state index is 0.766. The highest BCUT2D eigenvalue weighted by atomic mass is 16.5. The van der Waals surface area contributed by atoms with Crippen molar-refractivity contribution in [3.63, 3.8) is 0 Å². The van der Waals surface area contributed by atoms with Gasteiger partial charge in [0.15, 0.2) is 0 Å². The Kier molecular flexibility index (Phi) is 7.06. The van der Waals surface area contributed by atoms with Gasteiger partial charge in [0.2, 0.25) is 0 Å². The number of nitrogens with one attached hydrogen (secondary N) is 1. The fraction of sp³-hybridized carbons (Fsp3) is 1.00. The van der Waals surface area contributed by atoms with Crippen LogP contribution >= 0.6 is 0 Å². The second kappa shape index (κ2) is 8.08. The van der Waals surface area contributed by atoms with E-state index in [9.17, 15) is 0 Å². The molecule has 1 atom stereocenters. The molecule has 0 aromatic heterocycles. The van der Waals surface area contributed by atoms with Crippen LogP contribution in [0.15, 0.2) is 0 Å².